The molecule has 0 spiro atoms. The average molecular weight is 220 g/mol. The second kappa shape index (κ2) is 4.73. The molecule has 0 fully saturated rings. The van der Waals surface area contributed by atoms with Crippen LogP contribution in [0.2, 0.25) is 0 Å². The van der Waals surface area contributed by atoms with Gasteiger partial charge in [0, 0.05) is 0 Å². The number of aryl methyl sites for hydroxylation is 2. The third-order valence-corrected chi connectivity index (χ3v) is 3.59. The summed E-state index contributed by atoms with van der Waals surface area (Å²) in [5.74, 6) is 0. The Morgan fingerprint density at radius 2 is 2.20 bits per heavy atom. The van der Waals surface area contributed by atoms with Gasteiger partial charge in [-0.3, -0.25) is 0 Å². The van der Waals surface area contributed by atoms with Gasteiger partial charge in [0.05, 0.1) is 15.2 Å². The van der Waals surface area contributed by atoms with Crippen molar-refractivity contribution in [2.24, 2.45) is 5.73 Å². The monoisotopic (exact) mass is 220 g/mol. The van der Waals surface area contributed by atoms with E-state index in [1.807, 2.05) is 11.3 Å². The van der Waals surface area contributed by atoms with E-state index in [1.54, 1.807) is 0 Å². The maximum absolute atomic E-state index is 5.47. The van der Waals surface area contributed by atoms with Crippen molar-refractivity contribution in [2.75, 3.05) is 6.54 Å². The maximum Gasteiger partial charge on any atom is 0.0938 e. The lowest BCUT2D eigenvalue weighted by molar-refractivity contribution is 0.742. The van der Waals surface area contributed by atoms with Gasteiger partial charge in [-0.25, -0.2) is 4.98 Å². The summed E-state index contributed by atoms with van der Waals surface area (Å²) in [6, 6.07) is 6.36. The largest absolute Gasteiger partial charge is 0.330 e. The van der Waals surface area contributed by atoms with Gasteiger partial charge in [-0.05, 0) is 44.4 Å². The lowest BCUT2D eigenvalue weighted by Gasteiger charge is -1.93. The number of unbranched alkanes of at least 4 members (excludes halogenated alkanes) is 1. The van der Waals surface area contributed by atoms with E-state index in [2.05, 4.69) is 30.1 Å². The molecule has 0 unspecified atom stereocenters. The number of nitrogens with two attached hydrogens (primary N) is 1. The van der Waals surface area contributed by atoms with E-state index in [4.69, 9.17) is 5.73 Å². The van der Waals surface area contributed by atoms with Crippen LogP contribution in [0.4, 0.5) is 0 Å². The van der Waals surface area contributed by atoms with Crippen LogP contribution in [-0.2, 0) is 6.42 Å². The maximum atomic E-state index is 5.47. The van der Waals surface area contributed by atoms with E-state index in [0.717, 1.165) is 25.8 Å². The molecule has 0 saturated heterocycles. The molecule has 1 aromatic heterocycles. The van der Waals surface area contributed by atoms with E-state index in [0.29, 0.717) is 0 Å². The highest BCUT2D eigenvalue weighted by atomic mass is 32.1. The first-order valence-electron chi connectivity index (χ1n) is 5.36. The van der Waals surface area contributed by atoms with Gasteiger partial charge in [0.1, 0.15) is 0 Å². The van der Waals surface area contributed by atoms with E-state index in [-0.39, 0.29) is 0 Å². The fourth-order valence-electron chi connectivity index (χ4n) is 1.66. The lowest BCUT2D eigenvalue weighted by atomic mass is 10.2. The fourth-order valence-corrected chi connectivity index (χ4v) is 2.75. The molecule has 2 nitrogen and oxygen atoms in total. The summed E-state index contributed by atoms with van der Waals surface area (Å²) in [6.07, 6.45) is 3.31. The van der Waals surface area contributed by atoms with Crippen LogP contribution in [0.5, 0.6) is 0 Å². The first-order chi connectivity index (χ1) is 7.31. The Balaban J connectivity index is 2.20. The van der Waals surface area contributed by atoms with Gasteiger partial charge in [-0.2, -0.15) is 0 Å². The van der Waals surface area contributed by atoms with E-state index in [1.165, 1.54) is 20.8 Å². The zero-order valence-electron chi connectivity index (χ0n) is 8.99. The summed E-state index contributed by atoms with van der Waals surface area (Å²) < 4.78 is 1.30. The number of rotatable bonds is 4. The van der Waals surface area contributed by atoms with Gasteiger partial charge in [0.25, 0.3) is 0 Å². The van der Waals surface area contributed by atoms with Crippen molar-refractivity contribution < 1.29 is 0 Å². The Labute approximate surface area is 94.1 Å². The molecule has 1 heterocycles. The van der Waals surface area contributed by atoms with Crippen LogP contribution in [0.15, 0.2) is 18.2 Å². The molecule has 0 aliphatic rings. The molecule has 0 atom stereocenters. The number of nitrogens with zero attached hydrogens (tertiary/aromatic N) is 1. The summed E-state index contributed by atoms with van der Waals surface area (Å²) in [6.45, 7) is 2.90. The summed E-state index contributed by atoms with van der Waals surface area (Å²) >= 11 is 1.81. The predicted molar refractivity (Wildman–Crippen MR) is 66.3 cm³/mol. The molecule has 80 valence electrons. The van der Waals surface area contributed by atoms with E-state index < -0.39 is 0 Å². The average Bonchev–Trinajstić information content (AvgIpc) is 2.63. The number of para-hydroxylation sites is 1. The molecule has 0 bridgehead atoms. The number of fused-ring (bicyclic) bond motifs is 1. The van der Waals surface area contributed by atoms with Crippen molar-refractivity contribution >= 4 is 21.6 Å². The normalized spacial score (nSPS) is 11.1. The van der Waals surface area contributed by atoms with Crippen LogP contribution >= 0.6 is 11.3 Å². The first-order valence-corrected chi connectivity index (χ1v) is 6.18. The second-order valence-electron chi connectivity index (χ2n) is 3.78. The summed E-state index contributed by atoms with van der Waals surface area (Å²) in [7, 11) is 0. The minimum Gasteiger partial charge on any atom is -0.330 e. The van der Waals surface area contributed by atoms with Crippen molar-refractivity contribution in [3.8, 4) is 0 Å². The molecule has 0 radical (unpaired) electrons. The third kappa shape index (κ3) is 2.36. The Bertz CT molecular complexity index is 448. The van der Waals surface area contributed by atoms with Crippen LogP contribution in [0.25, 0.3) is 10.2 Å². The topological polar surface area (TPSA) is 38.9 Å². The summed E-state index contributed by atoms with van der Waals surface area (Å²) in [5, 5.41) is 1.24. The zero-order chi connectivity index (χ0) is 10.7. The van der Waals surface area contributed by atoms with Gasteiger partial charge in [0.15, 0.2) is 0 Å². The number of benzene rings is 1. The van der Waals surface area contributed by atoms with Gasteiger partial charge in [-0.15, -0.1) is 11.3 Å². The van der Waals surface area contributed by atoms with E-state index >= 15 is 0 Å². The van der Waals surface area contributed by atoms with Crippen LogP contribution in [0.3, 0.4) is 0 Å². The summed E-state index contributed by atoms with van der Waals surface area (Å²) in [4.78, 5) is 4.66. The number of thiazole rings is 1. The minimum atomic E-state index is 0.782. The minimum absolute atomic E-state index is 0.782. The van der Waals surface area contributed by atoms with Gasteiger partial charge in [0.2, 0.25) is 0 Å². The molecule has 1 aromatic carbocycles. The molecule has 0 amide bonds. The highest BCUT2D eigenvalue weighted by Gasteiger charge is 2.04. The van der Waals surface area contributed by atoms with Crippen molar-refractivity contribution in [2.45, 2.75) is 26.2 Å². The van der Waals surface area contributed by atoms with Gasteiger partial charge < -0.3 is 5.73 Å². The molecule has 0 aliphatic heterocycles. The molecular weight excluding hydrogens is 204 g/mol. The molecule has 0 saturated carbocycles. The van der Waals surface area contributed by atoms with Gasteiger partial charge in [-0.1, -0.05) is 12.1 Å². The Morgan fingerprint density at radius 1 is 1.33 bits per heavy atom. The zero-order valence-corrected chi connectivity index (χ0v) is 9.81. The Hall–Kier alpha value is -0.930. The molecule has 3 heteroatoms. The number of hydrogen-bond acceptors (Lipinski definition) is 3. The molecule has 2 N–H and O–H groups in total. The molecular formula is C12H16N2S. The van der Waals surface area contributed by atoms with Gasteiger partial charge >= 0.3 is 0 Å². The smallest absolute Gasteiger partial charge is 0.0938 e. The Morgan fingerprint density at radius 3 is 2.93 bits per heavy atom. The second-order valence-corrected chi connectivity index (χ2v) is 4.89. The molecule has 2 aromatic rings. The van der Waals surface area contributed by atoms with Crippen LogP contribution in [0.1, 0.15) is 23.4 Å². The first kappa shape index (κ1) is 10.6. The third-order valence-electron chi connectivity index (χ3n) is 2.51. The lowest BCUT2D eigenvalue weighted by Crippen LogP contribution is -1.98. The Kier molecular flexibility index (Phi) is 3.34. The van der Waals surface area contributed by atoms with Crippen LogP contribution in [-0.4, -0.2) is 11.5 Å². The summed E-state index contributed by atoms with van der Waals surface area (Å²) in [5.41, 5.74) is 7.92. The molecule has 0 aliphatic carbocycles. The van der Waals surface area contributed by atoms with Crippen LogP contribution < -0.4 is 5.73 Å². The molecule has 15 heavy (non-hydrogen) atoms. The van der Waals surface area contributed by atoms with E-state index in [9.17, 15) is 0 Å². The molecule has 2 rings (SSSR count). The van der Waals surface area contributed by atoms with Crippen molar-refractivity contribution in [1.29, 1.82) is 0 Å². The highest BCUT2D eigenvalue weighted by molar-refractivity contribution is 7.18. The number of aromatic nitrogens is 1. The SMILES string of the molecule is Cc1cccc2sc(CCCCN)nc12. The standard InChI is InChI=1S/C12H16N2S/c1-9-5-4-6-10-12(9)14-11(15-10)7-2-3-8-13/h4-6H,2-3,7-8,13H2,1H3. The van der Waals surface area contributed by atoms with Crippen molar-refractivity contribution in [3.63, 3.8) is 0 Å². The van der Waals surface area contributed by atoms with Crippen LogP contribution in [0, 0.1) is 6.92 Å². The fraction of sp³-hybridized carbons (Fsp3) is 0.417. The predicted octanol–water partition coefficient (Wildman–Crippen LogP) is 2.89. The highest BCUT2D eigenvalue weighted by Crippen LogP contribution is 2.25. The van der Waals surface area contributed by atoms with Crippen molar-refractivity contribution in [1.82, 2.24) is 4.98 Å². The quantitative estimate of drug-likeness (QED) is 0.805. The van der Waals surface area contributed by atoms with Crippen molar-refractivity contribution in [3.05, 3.63) is 28.8 Å². The number of hydrogen-bond donors (Lipinski definition) is 1.